The van der Waals surface area contributed by atoms with Crippen molar-refractivity contribution in [2.75, 3.05) is 0 Å². The molecule has 0 bridgehead atoms. The van der Waals surface area contributed by atoms with E-state index in [-0.39, 0.29) is 5.78 Å². The van der Waals surface area contributed by atoms with Crippen LogP contribution in [0.5, 0.6) is 0 Å². The van der Waals surface area contributed by atoms with Crippen LogP contribution in [0.4, 0.5) is 0 Å². The number of aliphatic carboxylic acids is 1. The van der Waals surface area contributed by atoms with Crippen LogP contribution in [0.2, 0.25) is 0 Å². The van der Waals surface area contributed by atoms with Gasteiger partial charge in [-0.25, -0.2) is 0 Å². The van der Waals surface area contributed by atoms with Crippen LogP contribution < -0.4 is 0 Å². The quantitative estimate of drug-likeness (QED) is 0.361. The van der Waals surface area contributed by atoms with Crippen molar-refractivity contribution in [3.63, 3.8) is 0 Å². The highest BCUT2D eigenvalue weighted by Gasteiger charge is 2.19. The van der Waals surface area contributed by atoms with Gasteiger partial charge in [-0.2, -0.15) is 0 Å². The third kappa shape index (κ3) is 11.0. The molecule has 1 atom stereocenters. The summed E-state index contributed by atoms with van der Waals surface area (Å²) in [5.74, 6) is -1.97. The molecule has 0 saturated heterocycles. The lowest BCUT2D eigenvalue weighted by molar-refractivity contribution is -0.145. The van der Waals surface area contributed by atoms with E-state index in [2.05, 4.69) is 6.92 Å². The molecule has 0 aliphatic heterocycles. The molecule has 0 spiro atoms. The zero-order valence-electron chi connectivity index (χ0n) is 13.3. The SMILES string of the molecule is CCCCCCCCCCCCCC(=O)C(C)C(=O)O. The van der Waals surface area contributed by atoms with Crippen molar-refractivity contribution in [2.45, 2.75) is 90.9 Å². The molecule has 0 aromatic carbocycles. The number of hydrogen-bond donors (Lipinski definition) is 1. The Bertz CT molecular complexity index is 261. The fourth-order valence-electron chi connectivity index (χ4n) is 2.32. The normalized spacial score (nSPS) is 12.3. The standard InChI is InChI=1S/C17H32O3/c1-3-4-5-6-7-8-9-10-11-12-13-14-16(18)15(2)17(19)20/h15H,3-14H2,1-2H3,(H,19,20). The summed E-state index contributed by atoms with van der Waals surface area (Å²) >= 11 is 0. The molecule has 3 heteroatoms. The van der Waals surface area contributed by atoms with Crippen LogP contribution >= 0.6 is 0 Å². The summed E-state index contributed by atoms with van der Waals surface area (Å²) in [7, 11) is 0. The number of carboxylic acid groups (broad SMARTS) is 1. The maximum atomic E-state index is 11.5. The first-order chi connectivity index (χ1) is 9.59. The summed E-state index contributed by atoms with van der Waals surface area (Å²) in [6, 6.07) is 0. The highest BCUT2D eigenvalue weighted by Crippen LogP contribution is 2.13. The second-order valence-electron chi connectivity index (χ2n) is 5.81. The third-order valence-corrected chi connectivity index (χ3v) is 3.88. The molecule has 0 aromatic rings. The fourth-order valence-corrected chi connectivity index (χ4v) is 2.32. The largest absolute Gasteiger partial charge is 0.481 e. The number of ketones is 1. The Labute approximate surface area is 124 Å². The Morgan fingerprint density at radius 3 is 1.60 bits per heavy atom. The Hall–Kier alpha value is -0.860. The summed E-state index contributed by atoms with van der Waals surface area (Å²) in [4.78, 5) is 22.1. The van der Waals surface area contributed by atoms with E-state index < -0.39 is 11.9 Å². The van der Waals surface area contributed by atoms with Crippen LogP contribution in [0.3, 0.4) is 0 Å². The molecule has 0 radical (unpaired) electrons. The minimum atomic E-state index is -1.00. The van der Waals surface area contributed by atoms with E-state index in [0.717, 1.165) is 12.8 Å². The van der Waals surface area contributed by atoms with E-state index in [1.165, 1.54) is 64.7 Å². The lowest BCUT2D eigenvalue weighted by Gasteiger charge is -2.05. The molecule has 118 valence electrons. The summed E-state index contributed by atoms with van der Waals surface area (Å²) in [5, 5.41) is 8.71. The first-order valence-electron chi connectivity index (χ1n) is 8.35. The number of rotatable bonds is 14. The topological polar surface area (TPSA) is 54.4 Å². The van der Waals surface area contributed by atoms with Gasteiger partial charge in [0.1, 0.15) is 11.7 Å². The number of carbonyl (C=O) groups is 2. The van der Waals surface area contributed by atoms with Crippen molar-refractivity contribution in [3.05, 3.63) is 0 Å². The smallest absolute Gasteiger partial charge is 0.313 e. The average molecular weight is 284 g/mol. The molecule has 20 heavy (non-hydrogen) atoms. The Morgan fingerprint density at radius 2 is 1.20 bits per heavy atom. The zero-order valence-corrected chi connectivity index (χ0v) is 13.3. The number of carbonyl (C=O) groups excluding carboxylic acids is 1. The molecule has 1 unspecified atom stereocenters. The molecule has 0 aromatic heterocycles. The highest BCUT2D eigenvalue weighted by molar-refractivity contribution is 5.97. The molecule has 1 N–H and O–H groups in total. The summed E-state index contributed by atoms with van der Waals surface area (Å²) in [6.45, 7) is 3.71. The Kier molecular flexibility index (Phi) is 12.6. The van der Waals surface area contributed by atoms with Gasteiger partial charge in [0.25, 0.3) is 0 Å². The predicted molar refractivity (Wildman–Crippen MR) is 82.9 cm³/mol. The van der Waals surface area contributed by atoms with Gasteiger partial charge in [-0.1, -0.05) is 71.1 Å². The molecule has 0 heterocycles. The number of hydrogen-bond acceptors (Lipinski definition) is 2. The first-order valence-corrected chi connectivity index (χ1v) is 8.35. The van der Waals surface area contributed by atoms with Crippen LogP contribution in [-0.2, 0) is 9.59 Å². The van der Waals surface area contributed by atoms with Gasteiger partial charge in [0.05, 0.1) is 0 Å². The van der Waals surface area contributed by atoms with Crippen molar-refractivity contribution >= 4 is 11.8 Å². The predicted octanol–water partition coefficient (Wildman–Crippen LogP) is 4.98. The van der Waals surface area contributed by atoms with Crippen molar-refractivity contribution < 1.29 is 14.7 Å². The van der Waals surface area contributed by atoms with E-state index >= 15 is 0 Å². The van der Waals surface area contributed by atoms with Crippen molar-refractivity contribution in [1.82, 2.24) is 0 Å². The lowest BCUT2D eigenvalue weighted by Crippen LogP contribution is -2.20. The molecule has 0 amide bonds. The van der Waals surface area contributed by atoms with E-state index in [4.69, 9.17) is 5.11 Å². The van der Waals surface area contributed by atoms with Gasteiger partial charge in [0.2, 0.25) is 0 Å². The minimum Gasteiger partial charge on any atom is -0.481 e. The average Bonchev–Trinajstić information content (AvgIpc) is 2.43. The number of carboxylic acids is 1. The van der Waals surface area contributed by atoms with Gasteiger partial charge in [-0.15, -0.1) is 0 Å². The minimum absolute atomic E-state index is 0.131. The van der Waals surface area contributed by atoms with Crippen LogP contribution in [0.15, 0.2) is 0 Å². The van der Waals surface area contributed by atoms with Crippen molar-refractivity contribution in [3.8, 4) is 0 Å². The van der Waals surface area contributed by atoms with E-state index in [0.29, 0.717) is 6.42 Å². The first kappa shape index (κ1) is 19.1. The molecule has 0 aliphatic rings. The van der Waals surface area contributed by atoms with Gasteiger partial charge in [-0.3, -0.25) is 9.59 Å². The molecular weight excluding hydrogens is 252 g/mol. The Morgan fingerprint density at radius 1 is 0.800 bits per heavy atom. The van der Waals surface area contributed by atoms with Crippen LogP contribution in [0, 0.1) is 5.92 Å². The van der Waals surface area contributed by atoms with Crippen LogP contribution in [-0.4, -0.2) is 16.9 Å². The fraction of sp³-hybridized carbons (Fsp3) is 0.882. The van der Waals surface area contributed by atoms with E-state index in [1.54, 1.807) is 0 Å². The summed E-state index contributed by atoms with van der Waals surface area (Å²) in [6.07, 6.45) is 14.1. The van der Waals surface area contributed by atoms with E-state index in [1.807, 2.05) is 0 Å². The third-order valence-electron chi connectivity index (χ3n) is 3.88. The number of unbranched alkanes of at least 4 members (excludes halogenated alkanes) is 10. The lowest BCUT2D eigenvalue weighted by atomic mass is 10.00. The molecule has 3 nitrogen and oxygen atoms in total. The van der Waals surface area contributed by atoms with Gasteiger partial charge >= 0.3 is 5.97 Å². The molecule has 0 aliphatic carbocycles. The Balaban J connectivity index is 3.24. The van der Waals surface area contributed by atoms with Gasteiger partial charge in [0.15, 0.2) is 0 Å². The molecular formula is C17H32O3. The van der Waals surface area contributed by atoms with Crippen LogP contribution in [0.25, 0.3) is 0 Å². The zero-order chi connectivity index (χ0) is 15.2. The van der Waals surface area contributed by atoms with Gasteiger partial charge in [-0.05, 0) is 13.3 Å². The molecule has 0 saturated carbocycles. The number of Topliss-reactive ketones (excluding diaryl/α,β-unsaturated/α-hetero) is 1. The highest BCUT2D eigenvalue weighted by atomic mass is 16.4. The van der Waals surface area contributed by atoms with E-state index in [9.17, 15) is 9.59 Å². The van der Waals surface area contributed by atoms with Gasteiger partial charge < -0.3 is 5.11 Å². The maximum Gasteiger partial charge on any atom is 0.313 e. The van der Waals surface area contributed by atoms with Gasteiger partial charge in [0, 0.05) is 6.42 Å². The molecule has 0 fully saturated rings. The monoisotopic (exact) mass is 284 g/mol. The second kappa shape index (κ2) is 13.1. The summed E-state index contributed by atoms with van der Waals surface area (Å²) in [5.41, 5.74) is 0. The summed E-state index contributed by atoms with van der Waals surface area (Å²) < 4.78 is 0. The molecule has 0 rings (SSSR count). The maximum absolute atomic E-state index is 11.5. The van der Waals surface area contributed by atoms with Crippen molar-refractivity contribution in [1.29, 1.82) is 0 Å². The van der Waals surface area contributed by atoms with Crippen molar-refractivity contribution in [2.24, 2.45) is 5.92 Å². The second-order valence-corrected chi connectivity index (χ2v) is 5.81. The van der Waals surface area contributed by atoms with Crippen LogP contribution in [0.1, 0.15) is 90.9 Å².